The summed E-state index contributed by atoms with van der Waals surface area (Å²) in [5.41, 5.74) is -2.65. The van der Waals surface area contributed by atoms with Gasteiger partial charge in [-0.3, -0.25) is 9.59 Å². The minimum Gasteiger partial charge on any atom is -0.387 e. The number of fused-ring (bicyclic) bond motifs is 5. The number of Topliss-reactive ketones (excluding diaryl/α,β-unsaturated/α-hetero) is 1. The van der Waals surface area contributed by atoms with Gasteiger partial charge in [-0.05, 0) is 74.3 Å². The van der Waals surface area contributed by atoms with Gasteiger partial charge in [-0.15, -0.1) is 0 Å². The molecule has 0 spiro atoms. The van der Waals surface area contributed by atoms with E-state index < -0.39 is 16.6 Å². The lowest BCUT2D eigenvalue weighted by Gasteiger charge is -2.57. The molecule has 0 aliphatic heterocycles. The van der Waals surface area contributed by atoms with E-state index in [1.165, 1.54) is 6.92 Å². The number of carbonyl (C=O) groups is 2. The van der Waals surface area contributed by atoms with Crippen molar-refractivity contribution in [3.05, 3.63) is 23.8 Å². The van der Waals surface area contributed by atoms with Gasteiger partial charge in [-0.2, -0.15) is 0 Å². The number of hydrogen-bond acceptors (Lipinski definition) is 4. The maximum Gasteiger partial charge on any atom is 0.164 e. The molecule has 7 atom stereocenters. The molecule has 2 saturated carbocycles. The van der Waals surface area contributed by atoms with Crippen molar-refractivity contribution in [1.82, 2.24) is 0 Å². The second-order valence-electron chi connectivity index (χ2n) is 9.83. The molecule has 4 aliphatic carbocycles. The minimum absolute atomic E-state index is 0.0303. The summed E-state index contributed by atoms with van der Waals surface area (Å²) in [7, 11) is 0. The van der Waals surface area contributed by atoms with Crippen LogP contribution in [0.3, 0.4) is 0 Å². The molecule has 0 saturated heterocycles. The Hall–Kier alpha value is -1.26. The van der Waals surface area contributed by atoms with Crippen molar-refractivity contribution in [2.24, 2.45) is 28.6 Å². The molecule has 0 aromatic rings. The van der Waals surface area contributed by atoms with E-state index in [0.717, 1.165) is 24.8 Å². The highest BCUT2D eigenvalue weighted by Gasteiger charge is 2.72. The molecule has 4 rings (SSSR count). The zero-order valence-electron chi connectivity index (χ0n) is 16.2. The van der Waals surface area contributed by atoms with E-state index in [1.54, 1.807) is 13.0 Å². The van der Waals surface area contributed by atoms with Gasteiger partial charge in [0.25, 0.3) is 0 Å². The fourth-order valence-corrected chi connectivity index (χ4v) is 7.12. The average Bonchev–Trinajstić information content (AvgIpc) is 2.73. The standard InChI is InChI=1S/C22H30O4/c1-13(23)22(26)20(3)10-8-17-16(18(20)12-21(22,4)25)6-5-14-11-15(24)7-9-19(14,17)2/h5-6,11,16-18,25-26H,7-10,12H2,1-4H3/t16-,17+,18+,19+,20+,21?,22+/m1/s1. The van der Waals surface area contributed by atoms with Gasteiger partial charge < -0.3 is 10.2 Å². The fraction of sp³-hybridized carbons (Fsp3) is 0.727. The number of hydrogen-bond donors (Lipinski definition) is 2. The van der Waals surface area contributed by atoms with Gasteiger partial charge in [0.1, 0.15) is 0 Å². The Morgan fingerprint density at radius 1 is 1.15 bits per heavy atom. The topological polar surface area (TPSA) is 74.6 Å². The van der Waals surface area contributed by atoms with Crippen LogP contribution in [-0.2, 0) is 9.59 Å². The Balaban J connectivity index is 1.81. The van der Waals surface area contributed by atoms with E-state index in [1.807, 2.05) is 6.92 Å². The van der Waals surface area contributed by atoms with E-state index in [9.17, 15) is 19.8 Å². The number of allylic oxidation sites excluding steroid dienone is 4. The first-order valence-corrected chi connectivity index (χ1v) is 9.86. The molecule has 26 heavy (non-hydrogen) atoms. The van der Waals surface area contributed by atoms with Crippen molar-refractivity contribution in [3.63, 3.8) is 0 Å². The highest BCUT2D eigenvalue weighted by Crippen LogP contribution is 2.68. The minimum atomic E-state index is -1.71. The molecular weight excluding hydrogens is 328 g/mol. The molecule has 4 aliphatic rings. The third kappa shape index (κ3) is 1.92. The van der Waals surface area contributed by atoms with E-state index in [0.29, 0.717) is 18.8 Å². The SMILES string of the molecule is CC(=O)[C@@]1(O)C(C)(O)C[C@H]2[C@@H]3C=CC4=CC(=O)CC[C@]4(C)[C@H]3CC[C@@]21C. The van der Waals surface area contributed by atoms with E-state index in [2.05, 4.69) is 19.1 Å². The van der Waals surface area contributed by atoms with Crippen LogP contribution in [-0.4, -0.2) is 33.0 Å². The van der Waals surface area contributed by atoms with Gasteiger partial charge in [-0.1, -0.05) is 26.0 Å². The normalized spacial score (nSPS) is 52.8. The molecule has 0 radical (unpaired) electrons. The summed E-state index contributed by atoms with van der Waals surface area (Å²) >= 11 is 0. The third-order valence-corrected chi connectivity index (χ3v) is 8.64. The Kier molecular flexibility index (Phi) is 3.60. The second kappa shape index (κ2) is 5.17. The molecule has 142 valence electrons. The second-order valence-corrected chi connectivity index (χ2v) is 9.83. The van der Waals surface area contributed by atoms with Crippen LogP contribution < -0.4 is 0 Å². The third-order valence-electron chi connectivity index (χ3n) is 8.64. The van der Waals surface area contributed by atoms with E-state index in [-0.39, 0.29) is 28.8 Å². The fourth-order valence-electron chi connectivity index (χ4n) is 7.12. The lowest BCUT2D eigenvalue weighted by molar-refractivity contribution is -0.189. The van der Waals surface area contributed by atoms with Gasteiger partial charge in [0, 0.05) is 11.8 Å². The molecule has 0 aromatic carbocycles. The van der Waals surface area contributed by atoms with Crippen LogP contribution >= 0.6 is 0 Å². The van der Waals surface area contributed by atoms with E-state index in [4.69, 9.17) is 0 Å². The van der Waals surface area contributed by atoms with Crippen LogP contribution in [0.15, 0.2) is 23.8 Å². The number of aliphatic hydroxyl groups is 2. The average molecular weight is 358 g/mol. The number of ketones is 2. The molecule has 1 unspecified atom stereocenters. The van der Waals surface area contributed by atoms with Crippen molar-refractivity contribution >= 4 is 11.6 Å². The Labute approximate surface area is 155 Å². The smallest absolute Gasteiger partial charge is 0.164 e. The monoisotopic (exact) mass is 358 g/mol. The summed E-state index contributed by atoms with van der Waals surface area (Å²) in [4.78, 5) is 24.3. The highest BCUT2D eigenvalue weighted by molar-refractivity contribution is 5.92. The number of carbonyl (C=O) groups excluding carboxylic acids is 2. The van der Waals surface area contributed by atoms with Crippen LogP contribution in [0.25, 0.3) is 0 Å². The summed E-state index contributed by atoms with van der Waals surface area (Å²) in [6.07, 6.45) is 9.57. The van der Waals surface area contributed by atoms with Crippen molar-refractivity contribution in [1.29, 1.82) is 0 Å². The Morgan fingerprint density at radius 2 is 1.85 bits per heavy atom. The zero-order valence-corrected chi connectivity index (χ0v) is 16.2. The first kappa shape index (κ1) is 18.1. The maximum atomic E-state index is 12.5. The van der Waals surface area contributed by atoms with Crippen molar-refractivity contribution < 1.29 is 19.8 Å². The van der Waals surface area contributed by atoms with Crippen LogP contribution in [0.2, 0.25) is 0 Å². The lowest BCUT2D eigenvalue weighted by Crippen LogP contribution is -2.63. The first-order valence-electron chi connectivity index (χ1n) is 9.86. The number of rotatable bonds is 1. The van der Waals surface area contributed by atoms with Crippen LogP contribution in [0.5, 0.6) is 0 Å². The molecule has 0 heterocycles. The quantitative estimate of drug-likeness (QED) is 0.756. The molecule has 4 nitrogen and oxygen atoms in total. The van der Waals surface area contributed by atoms with Gasteiger partial charge in [-0.25, -0.2) is 0 Å². The molecular formula is C22H30O4. The predicted molar refractivity (Wildman–Crippen MR) is 98.3 cm³/mol. The van der Waals surface area contributed by atoms with Crippen LogP contribution in [0.4, 0.5) is 0 Å². The van der Waals surface area contributed by atoms with Crippen molar-refractivity contribution in [2.75, 3.05) is 0 Å². The summed E-state index contributed by atoms with van der Waals surface area (Å²) in [5.74, 6) is 0.521. The molecule has 2 N–H and O–H groups in total. The highest BCUT2D eigenvalue weighted by atomic mass is 16.4. The summed E-state index contributed by atoms with van der Waals surface area (Å²) < 4.78 is 0. The molecule has 0 amide bonds. The van der Waals surface area contributed by atoms with E-state index >= 15 is 0 Å². The largest absolute Gasteiger partial charge is 0.387 e. The molecule has 0 aromatic heterocycles. The van der Waals surface area contributed by atoms with Gasteiger partial charge in [0.15, 0.2) is 17.2 Å². The van der Waals surface area contributed by atoms with Crippen LogP contribution in [0.1, 0.15) is 59.8 Å². The lowest BCUT2D eigenvalue weighted by atomic mass is 9.48. The summed E-state index contributed by atoms with van der Waals surface area (Å²) in [5, 5.41) is 22.4. The molecule has 4 heteroatoms. The maximum absolute atomic E-state index is 12.5. The van der Waals surface area contributed by atoms with Crippen LogP contribution in [0, 0.1) is 28.6 Å². The Bertz CT molecular complexity index is 747. The summed E-state index contributed by atoms with van der Waals surface area (Å²) in [6, 6.07) is 0. The summed E-state index contributed by atoms with van der Waals surface area (Å²) in [6.45, 7) is 7.27. The molecule has 0 bridgehead atoms. The van der Waals surface area contributed by atoms with Crippen molar-refractivity contribution in [3.8, 4) is 0 Å². The van der Waals surface area contributed by atoms with Gasteiger partial charge >= 0.3 is 0 Å². The predicted octanol–water partition coefficient (Wildman–Crippen LogP) is 2.98. The first-order chi connectivity index (χ1) is 12.0. The van der Waals surface area contributed by atoms with Gasteiger partial charge in [0.05, 0.1) is 5.60 Å². The zero-order chi connectivity index (χ0) is 19.1. The van der Waals surface area contributed by atoms with Gasteiger partial charge in [0.2, 0.25) is 0 Å². The molecule has 2 fully saturated rings. The Morgan fingerprint density at radius 3 is 2.50 bits per heavy atom. The van der Waals surface area contributed by atoms with Crippen molar-refractivity contribution in [2.45, 2.75) is 71.0 Å².